The van der Waals surface area contributed by atoms with Gasteiger partial charge in [0, 0.05) is 15.9 Å². The first kappa shape index (κ1) is 14.2. The Morgan fingerprint density at radius 1 is 1.57 bits per heavy atom. The average Bonchev–Trinajstić information content (AvgIpc) is 2.07. The van der Waals surface area contributed by atoms with Gasteiger partial charge in [-0.15, -0.1) is 6.58 Å². The Morgan fingerprint density at radius 2 is 2.21 bits per heavy atom. The monoisotopic (exact) mass is 244 g/mol. The van der Waals surface area contributed by atoms with E-state index in [1.165, 1.54) is 6.08 Å². The third-order valence-corrected chi connectivity index (χ3v) is 1.87. The molecular formula is C6H14O6P2. The number of rotatable bonds is 8. The van der Waals surface area contributed by atoms with Crippen LogP contribution < -0.4 is 0 Å². The molecule has 0 aromatic heterocycles. The molecule has 0 saturated heterocycles. The van der Waals surface area contributed by atoms with E-state index in [0.29, 0.717) is 0 Å². The third kappa shape index (κ3) is 8.78. The summed E-state index contributed by atoms with van der Waals surface area (Å²) in [4.78, 5) is 17.0. The lowest BCUT2D eigenvalue weighted by Gasteiger charge is -2.17. The van der Waals surface area contributed by atoms with Gasteiger partial charge in [-0.2, -0.15) is 0 Å². The van der Waals surface area contributed by atoms with Gasteiger partial charge in [0.1, 0.15) is 0 Å². The molecule has 0 heterocycles. The fourth-order valence-electron chi connectivity index (χ4n) is 0.659. The molecule has 0 aliphatic carbocycles. The SMILES string of the molecule is C=CCOC(CCOP)OP(=O)(O)O. The molecule has 2 atom stereocenters. The van der Waals surface area contributed by atoms with Crippen LogP contribution in [0.3, 0.4) is 0 Å². The lowest BCUT2D eigenvalue weighted by molar-refractivity contribution is -0.0905. The lowest BCUT2D eigenvalue weighted by atomic mass is 10.4. The predicted molar refractivity (Wildman–Crippen MR) is 53.3 cm³/mol. The van der Waals surface area contributed by atoms with Crippen molar-refractivity contribution >= 4 is 17.3 Å². The minimum absolute atomic E-state index is 0.154. The second-order valence-electron chi connectivity index (χ2n) is 2.31. The van der Waals surface area contributed by atoms with Crippen molar-refractivity contribution in [2.24, 2.45) is 0 Å². The molecule has 0 radical (unpaired) electrons. The third-order valence-electron chi connectivity index (χ3n) is 1.13. The molecule has 0 aliphatic heterocycles. The van der Waals surface area contributed by atoms with Gasteiger partial charge in [-0.1, -0.05) is 6.08 Å². The van der Waals surface area contributed by atoms with Gasteiger partial charge in [0.25, 0.3) is 0 Å². The lowest BCUT2D eigenvalue weighted by Crippen LogP contribution is -2.17. The fraction of sp³-hybridized carbons (Fsp3) is 0.667. The van der Waals surface area contributed by atoms with Crippen LogP contribution >= 0.6 is 17.3 Å². The highest BCUT2D eigenvalue weighted by Gasteiger charge is 2.22. The van der Waals surface area contributed by atoms with Crippen molar-refractivity contribution < 1.29 is 28.1 Å². The maximum atomic E-state index is 10.5. The largest absolute Gasteiger partial charge is 0.471 e. The van der Waals surface area contributed by atoms with Gasteiger partial charge in [-0.25, -0.2) is 4.57 Å². The first-order valence-corrected chi connectivity index (χ1v) is 5.78. The van der Waals surface area contributed by atoms with Crippen LogP contribution in [-0.2, 0) is 18.3 Å². The van der Waals surface area contributed by atoms with Crippen LogP contribution in [0.25, 0.3) is 0 Å². The fourth-order valence-corrected chi connectivity index (χ4v) is 1.27. The Morgan fingerprint density at radius 3 is 2.64 bits per heavy atom. The Balaban J connectivity index is 3.96. The summed E-state index contributed by atoms with van der Waals surface area (Å²) in [6, 6.07) is 0. The van der Waals surface area contributed by atoms with E-state index in [9.17, 15) is 4.57 Å². The normalized spacial score (nSPS) is 13.9. The van der Waals surface area contributed by atoms with Gasteiger partial charge in [0.2, 0.25) is 0 Å². The standard InChI is InChI=1S/C6H14O6P2/c1-2-4-10-6(3-5-11-13)12-14(7,8)9/h2,6H,1,3-5,13H2,(H2,7,8,9). The molecule has 14 heavy (non-hydrogen) atoms. The van der Waals surface area contributed by atoms with E-state index in [4.69, 9.17) is 14.5 Å². The van der Waals surface area contributed by atoms with Gasteiger partial charge in [0.15, 0.2) is 6.29 Å². The second kappa shape index (κ2) is 7.49. The summed E-state index contributed by atoms with van der Waals surface area (Å²) in [7, 11) is -2.50. The summed E-state index contributed by atoms with van der Waals surface area (Å²) < 4.78 is 24.4. The molecule has 0 aliphatic rings. The highest BCUT2D eigenvalue weighted by atomic mass is 31.2. The van der Waals surface area contributed by atoms with Crippen molar-refractivity contribution in [3.05, 3.63) is 12.7 Å². The van der Waals surface area contributed by atoms with E-state index in [1.807, 2.05) is 9.47 Å². The topological polar surface area (TPSA) is 85.2 Å². The molecule has 84 valence electrons. The first-order valence-electron chi connectivity index (χ1n) is 3.77. The van der Waals surface area contributed by atoms with Crippen LogP contribution in [0, 0.1) is 0 Å². The van der Waals surface area contributed by atoms with Crippen molar-refractivity contribution in [2.45, 2.75) is 12.7 Å². The zero-order valence-electron chi connectivity index (χ0n) is 7.54. The molecule has 8 heteroatoms. The maximum absolute atomic E-state index is 10.5. The summed E-state index contributed by atoms with van der Waals surface area (Å²) in [5.41, 5.74) is 0. The van der Waals surface area contributed by atoms with Gasteiger partial charge in [-0.05, 0) is 0 Å². The molecule has 0 aromatic carbocycles. The van der Waals surface area contributed by atoms with E-state index >= 15 is 0 Å². The van der Waals surface area contributed by atoms with Crippen molar-refractivity contribution in [3.8, 4) is 0 Å². The van der Waals surface area contributed by atoms with E-state index in [1.54, 1.807) is 0 Å². The number of phosphoric acid groups is 1. The quantitative estimate of drug-likeness (QED) is 0.373. The van der Waals surface area contributed by atoms with Crippen LogP contribution in [0.4, 0.5) is 0 Å². The molecule has 0 amide bonds. The van der Waals surface area contributed by atoms with E-state index in [-0.39, 0.29) is 19.6 Å². The predicted octanol–water partition coefficient (Wildman–Crippen LogP) is 0.821. The molecule has 0 aromatic rings. The molecule has 6 nitrogen and oxygen atoms in total. The number of hydrogen-bond donors (Lipinski definition) is 2. The van der Waals surface area contributed by atoms with Crippen molar-refractivity contribution in [3.63, 3.8) is 0 Å². The average molecular weight is 244 g/mol. The van der Waals surface area contributed by atoms with Gasteiger partial charge in [-0.3, -0.25) is 4.52 Å². The summed E-state index contributed by atoms with van der Waals surface area (Å²) in [5.74, 6) is 0. The van der Waals surface area contributed by atoms with Crippen molar-refractivity contribution in [1.82, 2.24) is 0 Å². The van der Waals surface area contributed by atoms with E-state index in [0.717, 1.165) is 0 Å². The summed E-state index contributed by atoms with van der Waals surface area (Å²) in [6.07, 6.45) is 0.689. The summed E-state index contributed by atoms with van der Waals surface area (Å²) in [6.45, 7) is 3.81. The zero-order chi connectivity index (χ0) is 11.0. The van der Waals surface area contributed by atoms with E-state index in [2.05, 4.69) is 15.6 Å². The molecule has 0 rings (SSSR count). The van der Waals surface area contributed by atoms with Crippen molar-refractivity contribution in [2.75, 3.05) is 13.2 Å². The molecule has 0 bridgehead atoms. The Hall–Kier alpha value is 0.200. The molecule has 2 N–H and O–H groups in total. The van der Waals surface area contributed by atoms with Crippen LogP contribution in [0.2, 0.25) is 0 Å². The second-order valence-corrected chi connectivity index (χ2v) is 3.83. The van der Waals surface area contributed by atoms with Gasteiger partial charge < -0.3 is 19.0 Å². The van der Waals surface area contributed by atoms with Crippen LogP contribution in [0.5, 0.6) is 0 Å². The summed E-state index contributed by atoms with van der Waals surface area (Å²) in [5, 5.41) is 0. The number of ether oxygens (including phenoxy) is 1. The zero-order valence-corrected chi connectivity index (χ0v) is 9.58. The highest BCUT2D eigenvalue weighted by Crippen LogP contribution is 2.38. The minimum atomic E-state index is -4.52. The molecule has 0 spiro atoms. The first-order chi connectivity index (χ1) is 6.49. The maximum Gasteiger partial charge on any atom is 0.471 e. The van der Waals surface area contributed by atoms with Gasteiger partial charge in [0.05, 0.1) is 13.2 Å². The minimum Gasteiger partial charge on any atom is -0.365 e. The molecule has 2 unspecified atom stereocenters. The van der Waals surface area contributed by atoms with Gasteiger partial charge >= 0.3 is 7.82 Å². The Bertz CT molecular complexity index is 202. The molecule has 0 fully saturated rings. The molecular weight excluding hydrogens is 230 g/mol. The summed E-state index contributed by atoms with van der Waals surface area (Å²) >= 11 is 0. The van der Waals surface area contributed by atoms with Crippen molar-refractivity contribution in [1.29, 1.82) is 0 Å². The van der Waals surface area contributed by atoms with Crippen LogP contribution in [0.1, 0.15) is 6.42 Å². The van der Waals surface area contributed by atoms with Crippen LogP contribution in [0.15, 0.2) is 12.7 Å². The number of hydrogen-bond acceptors (Lipinski definition) is 4. The Kier molecular flexibility index (Phi) is 7.59. The van der Waals surface area contributed by atoms with Crippen LogP contribution in [-0.4, -0.2) is 29.3 Å². The Labute approximate surface area is 84.8 Å². The smallest absolute Gasteiger partial charge is 0.365 e. The number of phosphoric ester groups is 1. The molecule has 0 saturated carbocycles. The van der Waals surface area contributed by atoms with E-state index < -0.39 is 14.1 Å². The highest BCUT2D eigenvalue weighted by molar-refractivity contribution is 7.46.